The van der Waals surface area contributed by atoms with Crippen LogP contribution in [-0.4, -0.2) is 17.5 Å². The molecule has 0 spiro atoms. The van der Waals surface area contributed by atoms with Gasteiger partial charge in [0.05, 0.1) is 0 Å². The van der Waals surface area contributed by atoms with Gasteiger partial charge in [-0.05, 0) is 25.5 Å². The van der Waals surface area contributed by atoms with Crippen molar-refractivity contribution in [2.24, 2.45) is 0 Å². The maximum absolute atomic E-state index is 3.63. The third-order valence-electron chi connectivity index (χ3n) is 2.97. The summed E-state index contributed by atoms with van der Waals surface area (Å²) in [7, 11) is 0. The van der Waals surface area contributed by atoms with Gasteiger partial charge in [0.2, 0.25) is 0 Å². The zero-order chi connectivity index (χ0) is 10.7. The Balaban J connectivity index is 2.06. The summed E-state index contributed by atoms with van der Waals surface area (Å²) in [5, 5.41) is 4.43. The Morgan fingerprint density at radius 1 is 1.27 bits per heavy atom. The van der Waals surface area contributed by atoms with Gasteiger partial charge in [0.1, 0.15) is 0 Å². The molecule has 1 aromatic rings. The van der Waals surface area contributed by atoms with Crippen LogP contribution >= 0.6 is 11.8 Å². The zero-order valence-electron chi connectivity index (χ0n) is 9.49. The summed E-state index contributed by atoms with van der Waals surface area (Å²) in [6, 6.07) is 9.46. The summed E-state index contributed by atoms with van der Waals surface area (Å²) < 4.78 is 0. The van der Waals surface area contributed by atoms with Gasteiger partial charge in [-0.1, -0.05) is 36.8 Å². The van der Waals surface area contributed by atoms with E-state index in [1.54, 1.807) is 0 Å². The predicted molar refractivity (Wildman–Crippen MR) is 68.5 cm³/mol. The number of thioether (sulfide) groups is 1. The van der Waals surface area contributed by atoms with Crippen LogP contribution in [0.15, 0.2) is 24.3 Å². The number of nitrogens with one attached hydrogen (secondary N) is 1. The van der Waals surface area contributed by atoms with E-state index in [9.17, 15) is 0 Å². The normalized spacial score (nSPS) is 27.3. The van der Waals surface area contributed by atoms with Crippen molar-refractivity contribution in [3.05, 3.63) is 35.4 Å². The van der Waals surface area contributed by atoms with Crippen LogP contribution in [0, 0.1) is 6.92 Å². The van der Waals surface area contributed by atoms with Crippen molar-refractivity contribution in [1.82, 2.24) is 5.32 Å². The quantitative estimate of drug-likeness (QED) is 0.782. The number of hydrogen-bond donors (Lipinski definition) is 1. The van der Waals surface area contributed by atoms with Gasteiger partial charge in [0.25, 0.3) is 0 Å². The lowest BCUT2D eigenvalue weighted by molar-refractivity contribution is 0.578. The van der Waals surface area contributed by atoms with Crippen LogP contribution in [0.2, 0.25) is 0 Å². The van der Waals surface area contributed by atoms with Crippen molar-refractivity contribution in [2.75, 3.05) is 12.3 Å². The lowest BCUT2D eigenvalue weighted by Gasteiger charge is -2.15. The SMILES string of the molecule is Cc1ccc(C2CSC(C)CCN2)cc1. The second-order valence-electron chi connectivity index (χ2n) is 4.35. The van der Waals surface area contributed by atoms with E-state index >= 15 is 0 Å². The van der Waals surface area contributed by atoms with Crippen LogP contribution in [0.25, 0.3) is 0 Å². The molecule has 1 fully saturated rings. The highest BCUT2D eigenvalue weighted by molar-refractivity contribution is 7.99. The first-order valence-corrected chi connectivity index (χ1v) is 6.72. The Bertz CT molecular complexity index is 307. The van der Waals surface area contributed by atoms with E-state index in [4.69, 9.17) is 0 Å². The average molecular weight is 221 g/mol. The molecule has 0 aliphatic carbocycles. The molecule has 0 saturated carbocycles. The molecule has 1 aliphatic heterocycles. The monoisotopic (exact) mass is 221 g/mol. The molecule has 0 amide bonds. The molecule has 1 aromatic carbocycles. The summed E-state index contributed by atoms with van der Waals surface area (Å²) in [6.45, 7) is 5.61. The largest absolute Gasteiger partial charge is 0.309 e. The van der Waals surface area contributed by atoms with Crippen LogP contribution in [0.3, 0.4) is 0 Å². The number of hydrogen-bond acceptors (Lipinski definition) is 2. The van der Waals surface area contributed by atoms with Crippen LogP contribution < -0.4 is 5.32 Å². The fourth-order valence-electron chi connectivity index (χ4n) is 1.88. The third kappa shape index (κ3) is 2.99. The second kappa shape index (κ2) is 5.04. The molecular formula is C13H19NS. The van der Waals surface area contributed by atoms with Gasteiger partial charge in [-0.25, -0.2) is 0 Å². The molecule has 1 heterocycles. The first-order chi connectivity index (χ1) is 7.25. The molecule has 0 aromatic heterocycles. The molecule has 0 bridgehead atoms. The van der Waals surface area contributed by atoms with Crippen molar-refractivity contribution >= 4 is 11.8 Å². The zero-order valence-corrected chi connectivity index (χ0v) is 10.3. The van der Waals surface area contributed by atoms with Gasteiger partial charge in [-0.2, -0.15) is 11.8 Å². The molecule has 1 nitrogen and oxygen atoms in total. The van der Waals surface area contributed by atoms with Crippen LogP contribution in [0.1, 0.15) is 30.5 Å². The molecule has 2 atom stereocenters. The van der Waals surface area contributed by atoms with Gasteiger partial charge in [-0.15, -0.1) is 0 Å². The van der Waals surface area contributed by atoms with Gasteiger partial charge in [0.15, 0.2) is 0 Å². The number of aryl methyl sites for hydroxylation is 1. The fraction of sp³-hybridized carbons (Fsp3) is 0.538. The summed E-state index contributed by atoms with van der Waals surface area (Å²) in [5.41, 5.74) is 2.77. The van der Waals surface area contributed by atoms with Crippen molar-refractivity contribution in [3.8, 4) is 0 Å². The van der Waals surface area contributed by atoms with Gasteiger partial charge in [0, 0.05) is 17.0 Å². The van der Waals surface area contributed by atoms with Gasteiger partial charge >= 0.3 is 0 Å². The van der Waals surface area contributed by atoms with Crippen molar-refractivity contribution in [1.29, 1.82) is 0 Å². The molecule has 1 N–H and O–H groups in total. The van der Waals surface area contributed by atoms with Crippen LogP contribution in [-0.2, 0) is 0 Å². The molecule has 82 valence electrons. The molecule has 2 unspecified atom stereocenters. The predicted octanol–water partition coefficient (Wildman–Crippen LogP) is 3.15. The summed E-state index contributed by atoms with van der Waals surface area (Å²) in [4.78, 5) is 0. The first-order valence-electron chi connectivity index (χ1n) is 5.67. The van der Waals surface area contributed by atoms with Crippen molar-refractivity contribution < 1.29 is 0 Å². The molecule has 0 radical (unpaired) electrons. The lowest BCUT2D eigenvalue weighted by Crippen LogP contribution is -2.22. The molecule has 2 rings (SSSR count). The van der Waals surface area contributed by atoms with Crippen LogP contribution in [0.4, 0.5) is 0 Å². The minimum absolute atomic E-state index is 0.542. The summed E-state index contributed by atoms with van der Waals surface area (Å²) in [6.07, 6.45) is 1.28. The maximum Gasteiger partial charge on any atom is 0.0411 e. The highest BCUT2D eigenvalue weighted by Gasteiger charge is 2.16. The topological polar surface area (TPSA) is 12.0 Å². The summed E-state index contributed by atoms with van der Waals surface area (Å²) >= 11 is 2.08. The smallest absolute Gasteiger partial charge is 0.0411 e. The molecule has 1 saturated heterocycles. The second-order valence-corrected chi connectivity index (χ2v) is 5.82. The van der Waals surface area contributed by atoms with E-state index in [2.05, 4.69) is 55.2 Å². The van der Waals surface area contributed by atoms with E-state index in [1.807, 2.05) is 0 Å². The minimum atomic E-state index is 0.542. The number of rotatable bonds is 1. The van der Waals surface area contributed by atoms with Crippen molar-refractivity contribution in [3.63, 3.8) is 0 Å². The Labute approximate surface area is 96.7 Å². The Hall–Kier alpha value is -0.470. The molecule has 2 heteroatoms. The van der Waals surface area contributed by atoms with E-state index in [0.29, 0.717) is 6.04 Å². The Morgan fingerprint density at radius 2 is 2.00 bits per heavy atom. The van der Waals surface area contributed by atoms with E-state index in [-0.39, 0.29) is 0 Å². The molecular weight excluding hydrogens is 202 g/mol. The highest BCUT2D eigenvalue weighted by Crippen LogP contribution is 2.25. The first kappa shape index (κ1) is 11.0. The van der Waals surface area contributed by atoms with Crippen molar-refractivity contribution in [2.45, 2.75) is 31.6 Å². The highest BCUT2D eigenvalue weighted by atomic mass is 32.2. The maximum atomic E-state index is 3.63. The standard InChI is InChI=1S/C13H19NS/c1-10-3-5-12(6-4-10)13-9-15-11(2)7-8-14-13/h3-6,11,13-14H,7-9H2,1-2H3. The number of benzene rings is 1. The van der Waals surface area contributed by atoms with E-state index < -0.39 is 0 Å². The Morgan fingerprint density at radius 3 is 2.73 bits per heavy atom. The Kier molecular flexibility index (Phi) is 3.71. The average Bonchev–Trinajstić information content (AvgIpc) is 2.44. The lowest BCUT2D eigenvalue weighted by atomic mass is 10.1. The molecule has 1 aliphatic rings. The summed E-state index contributed by atoms with van der Waals surface area (Å²) in [5.74, 6) is 1.20. The van der Waals surface area contributed by atoms with Crippen LogP contribution in [0.5, 0.6) is 0 Å². The third-order valence-corrected chi connectivity index (χ3v) is 4.30. The minimum Gasteiger partial charge on any atom is -0.309 e. The van der Waals surface area contributed by atoms with Gasteiger partial charge < -0.3 is 5.32 Å². The fourth-order valence-corrected chi connectivity index (χ4v) is 2.99. The molecule has 15 heavy (non-hydrogen) atoms. The van der Waals surface area contributed by atoms with Gasteiger partial charge in [-0.3, -0.25) is 0 Å². The van der Waals surface area contributed by atoms with E-state index in [0.717, 1.165) is 11.8 Å². The van der Waals surface area contributed by atoms with E-state index in [1.165, 1.54) is 23.3 Å².